The van der Waals surface area contributed by atoms with Crippen molar-refractivity contribution in [1.82, 2.24) is 15.5 Å². The minimum absolute atomic E-state index is 0.123. The van der Waals surface area contributed by atoms with Gasteiger partial charge in [0.25, 0.3) is 5.91 Å². The Morgan fingerprint density at radius 3 is 2.23 bits per heavy atom. The van der Waals surface area contributed by atoms with Crippen molar-refractivity contribution in [2.75, 3.05) is 23.7 Å². The molecule has 3 rings (SSSR count). The van der Waals surface area contributed by atoms with Gasteiger partial charge in [0.2, 0.25) is 5.91 Å². The molecule has 1 saturated heterocycles. The van der Waals surface area contributed by atoms with E-state index in [-0.39, 0.29) is 24.9 Å². The number of nitrogens with one attached hydrogen (secondary N) is 4. The van der Waals surface area contributed by atoms with Gasteiger partial charge in [-0.15, -0.1) is 0 Å². The van der Waals surface area contributed by atoms with E-state index in [0.29, 0.717) is 37.1 Å². The van der Waals surface area contributed by atoms with E-state index in [1.807, 2.05) is 0 Å². The van der Waals surface area contributed by atoms with E-state index in [1.54, 1.807) is 31.2 Å². The van der Waals surface area contributed by atoms with Gasteiger partial charge in [-0.2, -0.15) is 0 Å². The number of nitrogens with zero attached hydrogens (tertiary/aromatic N) is 1. The maximum atomic E-state index is 12.5. The van der Waals surface area contributed by atoms with E-state index in [9.17, 15) is 24.0 Å². The Kier molecular flexibility index (Phi) is 6.88. The smallest absolute Gasteiger partial charge is 0.325 e. The van der Waals surface area contributed by atoms with Gasteiger partial charge in [-0.05, 0) is 43.5 Å². The van der Waals surface area contributed by atoms with Gasteiger partial charge in [0.05, 0.1) is 0 Å². The summed E-state index contributed by atoms with van der Waals surface area (Å²) in [5.74, 6) is -1.96. The Balaban J connectivity index is 1.39. The number of imide groups is 1. The summed E-state index contributed by atoms with van der Waals surface area (Å²) in [4.78, 5) is 61.2. The summed E-state index contributed by atoms with van der Waals surface area (Å²) in [6, 6.07) is 6.00. The van der Waals surface area contributed by atoms with Gasteiger partial charge >= 0.3 is 17.8 Å². The minimum Gasteiger partial charge on any atom is -0.348 e. The zero-order valence-electron chi connectivity index (χ0n) is 17.5. The average molecular weight is 429 g/mol. The monoisotopic (exact) mass is 429 g/mol. The number of carbonyl (C=O) groups is 5. The molecule has 1 aromatic carbocycles. The number of carbonyl (C=O) groups excluding carboxylic acids is 5. The van der Waals surface area contributed by atoms with E-state index in [4.69, 9.17) is 0 Å². The number of hydrogen-bond donors (Lipinski definition) is 4. The van der Waals surface area contributed by atoms with Crippen molar-refractivity contribution in [2.24, 2.45) is 0 Å². The average Bonchev–Trinajstić information content (AvgIpc) is 3.32. The number of anilines is 2. The number of hydrogen-bond acceptors (Lipinski definition) is 5. The fraction of sp³-hybridized carbons (Fsp3) is 0.476. The summed E-state index contributed by atoms with van der Waals surface area (Å²) in [5, 5.41) is 10.4. The first kappa shape index (κ1) is 22.3. The number of urea groups is 1. The second kappa shape index (κ2) is 9.59. The Morgan fingerprint density at radius 1 is 1.00 bits per heavy atom. The maximum Gasteiger partial charge on any atom is 0.325 e. The third kappa shape index (κ3) is 5.19. The van der Waals surface area contributed by atoms with Gasteiger partial charge in [-0.25, -0.2) is 4.79 Å². The lowest BCUT2D eigenvalue weighted by Crippen LogP contribution is -2.44. The summed E-state index contributed by atoms with van der Waals surface area (Å²) in [5.41, 5.74) is 0.264. The van der Waals surface area contributed by atoms with Crippen LogP contribution in [0, 0.1) is 0 Å². The first-order valence-corrected chi connectivity index (χ1v) is 10.5. The molecule has 1 saturated carbocycles. The highest BCUT2D eigenvalue weighted by Crippen LogP contribution is 2.34. The molecule has 1 heterocycles. The fourth-order valence-corrected chi connectivity index (χ4v) is 3.79. The largest absolute Gasteiger partial charge is 0.348 e. The van der Waals surface area contributed by atoms with E-state index >= 15 is 0 Å². The molecule has 31 heavy (non-hydrogen) atoms. The van der Waals surface area contributed by atoms with E-state index in [1.165, 1.54) is 4.90 Å². The van der Waals surface area contributed by atoms with Crippen LogP contribution in [0.5, 0.6) is 0 Å². The molecule has 2 fully saturated rings. The van der Waals surface area contributed by atoms with Crippen LogP contribution in [0.1, 0.15) is 45.4 Å². The first-order chi connectivity index (χ1) is 14.8. The summed E-state index contributed by atoms with van der Waals surface area (Å²) in [6.45, 7) is 2.07. The fourth-order valence-electron chi connectivity index (χ4n) is 3.79. The van der Waals surface area contributed by atoms with Crippen LogP contribution in [0.25, 0.3) is 0 Å². The third-order valence-corrected chi connectivity index (χ3v) is 5.50. The van der Waals surface area contributed by atoms with Gasteiger partial charge < -0.3 is 21.3 Å². The van der Waals surface area contributed by atoms with E-state index < -0.39 is 23.4 Å². The van der Waals surface area contributed by atoms with E-state index in [2.05, 4.69) is 21.3 Å². The van der Waals surface area contributed by atoms with Crippen LogP contribution in [0.2, 0.25) is 0 Å². The third-order valence-electron chi connectivity index (χ3n) is 5.50. The second-order valence-electron chi connectivity index (χ2n) is 7.72. The van der Waals surface area contributed by atoms with E-state index in [0.717, 1.165) is 12.8 Å². The topological polar surface area (TPSA) is 137 Å². The van der Waals surface area contributed by atoms with Crippen LogP contribution >= 0.6 is 0 Å². The molecule has 1 aliphatic carbocycles. The second-order valence-corrected chi connectivity index (χ2v) is 7.72. The lowest BCUT2D eigenvalue weighted by molar-refractivity contribution is -0.136. The summed E-state index contributed by atoms with van der Waals surface area (Å²) in [7, 11) is 0. The van der Waals surface area contributed by atoms with Gasteiger partial charge in [0.1, 0.15) is 5.54 Å². The van der Waals surface area contributed by atoms with Crippen LogP contribution in [0.3, 0.4) is 0 Å². The quantitative estimate of drug-likeness (QED) is 0.295. The first-order valence-electron chi connectivity index (χ1n) is 10.5. The molecule has 1 aliphatic heterocycles. The zero-order valence-corrected chi connectivity index (χ0v) is 17.5. The van der Waals surface area contributed by atoms with Crippen LogP contribution in [-0.4, -0.2) is 53.2 Å². The Morgan fingerprint density at radius 2 is 1.61 bits per heavy atom. The standard InChI is InChI=1S/C21H27N5O5/c1-2-16(27)23-14-6-8-15(9-7-14)24-18(29)17(28)22-12-5-13-26-19(30)21(25-20(26)31)10-3-4-11-21/h6-9H,2-5,10-13H2,1H3,(H,22,28)(H,23,27)(H,24,29)(H,25,31). The van der Waals surface area contributed by atoms with Gasteiger partial charge in [-0.3, -0.25) is 24.1 Å². The highest BCUT2D eigenvalue weighted by Gasteiger charge is 2.51. The molecule has 0 atom stereocenters. The lowest BCUT2D eigenvalue weighted by atomic mass is 9.98. The Bertz CT molecular complexity index is 877. The van der Waals surface area contributed by atoms with Crippen molar-refractivity contribution in [1.29, 1.82) is 0 Å². The molecule has 166 valence electrons. The van der Waals surface area contributed by atoms with Crippen LogP contribution < -0.4 is 21.3 Å². The summed E-state index contributed by atoms with van der Waals surface area (Å²) < 4.78 is 0. The van der Waals surface area contributed by atoms with Crippen molar-refractivity contribution < 1.29 is 24.0 Å². The lowest BCUT2D eigenvalue weighted by Gasteiger charge is -2.20. The van der Waals surface area contributed by atoms with Crippen molar-refractivity contribution in [3.63, 3.8) is 0 Å². The predicted octanol–water partition coefficient (Wildman–Crippen LogP) is 1.34. The molecule has 6 amide bonds. The van der Waals surface area contributed by atoms with Crippen LogP contribution in [0.15, 0.2) is 24.3 Å². The Hall–Kier alpha value is -3.43. The molecular weight excluding hydrogens is 402 g/mol. The number of rotatable bonds is 7. The number of benzene rings is 1. The molecular formula is C21H27N5O5. The highest BCUT2D eigenvalue weighted by atomic mass is 16.2. The van der Waals surface area contributed by atoms with Crippen molar-refractivity contribution in [3.8, 4) is 0 Å². The Labute approximate surface area is 180 Å². The SMILES string of the molecule is CCC(=O)Nc1ccc(NC(=O)C(=O)NCCCN2C(=O)NC3(CCCC3)C2=O)cc1. The van der Waals surface area contributed by atoms with Crippen molar-refractivity contribution >= 4 is 41.0 Å². The van der Waals surface area contributed by atoms with Gasteiger partial charge in [0.15, 0.2) is 0 Å². The number of amides is 6. The van der Waals surface area contributed by atoms with Crippen LogP contribution in [0.4, 0.5) is 16.2 Å². The molecule has 10 heteroatoms. The van der Waals surface area contributed by atoms with Gasteiger partial charge in [-0.1, -0.05) is 19.8 Å². The maximum absolute atomic E-state index is 12.5. The van der Waals surface area contributed by atoms with Crippen molar-refractivity contribution in [2.45, 2.75) is 51.0 Å². The minimum atomic E-state index is -0.828. The summed E-state index contributed by atoms with van der Waals surface area (Å²) in [6.07, 6.45) is 3.87. The molecule has 1 spiro atoms. The predicted molar refractivity (Wildman–Crippen MR) is 113 cm³/mol. The molecule has 0 aromatic heterocycles. The molecule has 2 aliphatic rings. The normalized spacial score (nSPS) is 16.9. The van der Waals surface area contributed by atoms with Crippen LogP contribution in [-0.2, 0) is 19.2 Å². The highest BCUT2D eigenvalue weighted by molar-refractivity contribution is 6.39. The molecule has 10 nitrogen and oxygen atoms in total. The van der Waals surface area contributed by atoms with Gasteiger partial charge in [0, 0.05) is 30.9 Å². The molecule has 1 aromatic rings. The molecule has 4 N–H and O–H groups in total. The molecule has 0 bridgehead atoms. The summed E-state index contributed by atoms with van der Waals surface area (Å²) >= 11 is 0. The zero-order chi connectivity index (χ0) is 22.4. The molecule has 0 unspecified atom stereocenters. The van der Waals surface area contributed by atoms with Crippen molar-refractivity contribution in [3.05, 3.63) is 24.3 Å². The molecule has 0 radical (unpaired) electrons.